The maximum atomic E-state index is 11.5. The number of ether oxygens (including phenoxy) is 2. The van der Waals surface area contributed by atoms with Gasteiger partial charge in [0, 0.05) is 25.2 Å². The number of phenolic OH excluding ortho intramolecular Hbond substituents is 2. The smallest absolute Gasteiger partial charge is 0.160 e. The first-order chi connectivity index (χ1) is 15.7. The maximum absolute atomic E-state index is 11.5. The van der Waals surface area contributed by atoms with Crippen molar-refractivity contribution < 1.29 is 29.3 Å². The predicted molar refractivity (Wildman–Crippen MR) is 132 cm³/mol. The summed E-state index contributed by atoms with van der Waals surface area (Å²) >= 11 is 0. The van der Waals surface area contributed by atoms with Gasteiger partial charge in [-0.25, -0.2) is 0 Å². The van der Waals surface area contributed by atoms with Gasteiger partial charge in [-0.1, -0.05) is 46.8 Å². The first-order valence-corrected chi connectivity index (χ1v) is 11.5. The van der Waals surface area contributed by atoms with E-state index in [0.29, 0.717) is 43.6 Å². The second kappa shape index (κ2) is 16.6. The molecule has 2 aromatic rings. The zero-order chi connectivity index (χ0) is 25.4. The summed E-state index contributed by atoms with van der Waals surface area (Å²) in [7, 11) is 3.02. The van der Waals surface area contributed by atoms with E-state index < -0.39 is 0 Å². The van der Waals surface area contributed by atoms with E-state index in [0.717, 1.165) is 11.1 Å². The van der Waals surface area contributed by atoms with E-state index in [1.807, 2.05) is 40.7 Å². The Hall–Kier alpha value is -3.02. The van der Waals surface area contributed by atoms with E-state index in [1.165, 1.54) is 14.2 Å². The molecule has 0 aliphatic rings. The van der Waals surface area contributed by atoms with Crippen molar-refractivity contribution in [3.63, 3.8) is 0 Å². The molecule has 2 N–H and O–H groups in total. The van der Waals surface area contributed by atoms with Gasteiger partial charge in [0.1, 0.15) is 11.6 Å². The number of ketones is 2. The number of phenols is 2. The normalized spacial score (nSPS) is 10.6. The van der Waals surface area contributed by atoms with E-state index >= 15 is 0 Å². The van der Waals surface area contributed by atoms with Crippen molar-refractivity contribution in [2.24, 2.45) is 5.92 Å². The number of aromatic hydroxyl groups is 2. The Morgan fingerprint density at radius 2 is 1.33 bits per heavy atom. The molecule has 0 fully saturated rings. The summed E-state index contributed by atoms with van der Waals surface area (Å²) in [6, 6.07) is 10.3. The zero-order valence-corrected chi connectivity index (χ0v) is 21.1. The average Bonchev–Trinajstić information content (AvgIpc) is 2.85. The molecule has 0 saturated carbocycles. The van der Waals surface area contributed by atoms with E-state index in [1.54, 1.807) is 30.3 Å². The highest BCUT2D eigenvalue weighted by atomic mass is 16.5. The topological polar surface area (TPSA) is 93.1 Å². The zero-order valence-electron chi connectivity index (χ0n) is 21.1. The summed E-state index contributed by atoms with van der Waals surface area (Å²) in [5.41, 5.74) is 2.01. The van der Waals surface area contributed by atoms with Gasteiger partial charge in [0.25, 0.3) is 0 Å². The molecule has 0 radical (unpaired) electrons. The van der Waals surface area contributed by atoms with Crippen LogP contribution in [-0.2, 0) is 22.4 Å². The molecule has 0 aliphatic carbocycles. The highest BCUT2D eigenvalue weighted by Gasteiger charge is 2.12. The lowest BCUT2D eigenvalue weighted by molar-refractivity contribution is -0.122. The van der Waals surface area contributed by atoms with Crippen LogP contribution >= 0.6 is 0 Å². The van der Waals surface area contributed by atoms with Crippen LogP contribution < -0.4 is 9.47 Å². The number of aryl methyl sites for hydroxylation is 1. The first-order valence-electron chi connectivity index (χ1n) is 11.5. The molecule has 2 aromatic carbocycles. The third-order valence-corrected chi connectivity index (χ3v) is 5.02. The van der Waals surface area contributed by atoms with Crippen molar-refractivity contribution in [3.05, 3.63) is 47.5 Å². The number of hydrogen-bond acceptors (Lipinski definition) is 6. The van der Waals surface area contributed by atoms with Crippen LogP contribution in [0, 0.1) is 5.92 Å². The number of benzene rings is 2. The third kappa shape index (κ3) is 10.9. The summed E-state index contributed by atoms with van der Waals surface area (Å²) in [4.78, 5) is 22.6. The fourth-order valence-electron chi connectivity index (χ4n) is 3.00. The molecule has 0 aromatic heterocycles. The van der Waals surface area contributed by atoms with Crippen LogP contribution in [0.3, 0.4) is 0 Å². The molecule has 0 spiro atoms. The minimum atomic E-state index is 0.0132. The SMILES string of the molecule is CC.CCC(=O)C(C)Cc1ccc(O)c(OC)c1.CCC(=O)CCc1ccc(O)c(OC)c1. The lowest BCUT2D eigenvalue weighted by atomic mass is 9.95. The molecular formula is C27H40O6. The first kappa shape index (κ1) is 30.0. The lowest BCUT2D eigenvalue weighted by Gasteiger charge is -2.10. The number of carbonyl (C=O) groups is 2. The largest absolute Gasteiger partial charge is 0.504 e. The van der Waals surface area contributed by atoms with Gasteiger partial charge in [-0.05, 0) is 48.2 Å². The molecule has 6 heteroatoms. The van der Waals surface area contributed by atoms with E-state index in [4.69, 9.17) is 9.47 Å². The summed E-state index contributed by atoms with van der Waals surface area (Å²) in [5.74, 6) is 1.68. The van der Waals surface area contributed by atoms with Crippen LogP contribution in [0.15, 0.2) is 36.4 Å². The van der Waals surface area contributed by atoms with Crippen molar-refractivity contribution in [1.82, 2.24) is 0 Å². The van der Waals surface area contributed by atoms with Gasteiger partial charge >= 0.3 is 0 Å². The van der Waals surface area contributed by atoms with Gasteiger partial charge in [-0.2, -0.15) is 0 Å². The highest BCUT2D eigenvalue weighted by molar-refractivity contribution is 5.80. The third-order valence-electron chi connectivity index (χ3n) is 5.02. The molecule has 1 unspecified atom stereocenters. The quantitative estimate of drug-likeness (QED) is 0.459. The van der Waals surface area contributed by atoms with E-state index in [2.05, 4.69) is 0 Å². The van der Waals surface area contributed by atoms with Gasteiger partial charge in [0.15, 0.2) is 23.0 Å². The molecule has 184 valence electrons. The fraction of sp³-hybridized carbons (Fsp3) is 0.481. The van der Waals surface area contributed by atoms with Crippen LogP contribution in [-0.4, -0.2) is 36.0 Å². The van der Waals surface area contributed by atoms with Crippen molar-refractivity contribution in [1.29, 1.82) is 0 Å². The Morgan fingerprint density at radius 1 is 0.848 bits per heavy atom. The van der Waals surface area contributed by atoms with Crippen molar-refractivity contribution in [2.45, 2.75) is 66.7 Å². The van der Waals surface area contributed by atoms with Crippen molar-refractivity contribution in [3.8, 4) is 23.0 Å². The Balaban J connectivity index is 0.000000578. The van der Waals surface area contributed by atoms with Gasteiger partial charge in [-0.15, -0.1) is 0 Å². The summed E-state index contributed by atoms with van der Waals surface area (Å²) in [6.45, 7) is 9.65. The van der Waals surface area contributed by atoms with Gasteiger partial charge < -0.3 is 19.7 Å². The minimum absolute atomic E-state index is 0.0132. The fourth-order valence-corrected chi connectivity index (χ4v) is 3.00. The van der Waals surface area contributed by atoms with Crippen LogP contribution in [0.4, 0.5) is 0 Å². The van der Waals surface area contributed by atoms with E-state index in [9.17, 15) is 19.8 Å². The van der Waals surface area contributed by atoms with Crippen LogP contribution in [0.25, 0.3) is 0 Å². The van der Waals surface area contributed by atoms with Crippen LogP contribution in [0.2, 0.25) is 0 Å². The number of methoxy groups -OCH3 is 2. The number of carbonyl (C=O) groups excluding carboxylic acids is 2. The number of hydrogen-bond donors (Lipinski definition) is 2. The molecule has 0 heterocycles. The Kier molecular flexibility index (Phi) is 15.1. The molecule has 0 bridgehead atoms. The molecule has 1 atom stereocenters. The second-order valence-corrected chi connectivity index (χ2v) is 7.33. The van der Waals surface area contributed by atoms with E-state index in [-0.39, 0.29) is 29.0 Å². The Bertz CT molecular complexity index is 860. The van der Waals surface area contributed by atoms with Crippen molar-refractivity contribution in [2.75, 3.05) is 14.2 Å². The standard InChI is InChI=1S/C13H18O3.C12H16O3.C2H6/c1-4-11(14)9(2)7-10-5-6-12(15)13(8-10)16-3;1-3-10(13)6-4-9-5-7-11(14)12(8-9)15-2;1-2/h5-6,8-9,15H,4,7H2,1-3H3;5,7-8,14H,3-4,6H2,1-2H3;1-2H3. The number of Topliss-reactive ketones (excluding diaryl/α,β-unsaturated/α-hetero) is 2. The van der Waals surface area contributed by atoms with Gasteiger partial charge in [0.2, 0.25) is 0 Å². The Morgan fingerprint density at radius 3 is 1.79 bits per heavy atom. The Labute approximate surface area is 198 Å². The maximum Gasteiger partial charge on any atom is 0.160 e. The highest BCUT2D eigenvalue weighted by Crippen LogP contribution is 2.28. The molecule has 0 amide bonds. The monoisotopic (exact) mass is 460 g/mol. The second-order valence-electron chi connectivity index (χ2n) is 7.33. The minimum Gasteiger partial charge on any atom is -0.504 e. The lowest BCUT2D eigenvalue weighted by Crippen LogP contribution is -2.12. The number of rotatable bonds is 10. The predicted octanol–water partition coefficient (Wildman–Crippen LogP) is 5.90. The summed E-state index contributed by atoms with van der Waals surface area (Å²) < 4.78 is 10.0. The molecule has 0 saturated heterocycles. The van der Waals surface area contributed by atoms with Crippen LogP contribution in [0.5, 0.6) is 23.0 Å². The van der Waals surface area contributed by atoms with Gasteiger partial charge in [-0.3, -0.25) is 9.59 Å². The average molecular weight is 461 g/mol. The summed E-state index contributed by atoms with van der Waals surface area (Å²) in [6.07, 6.45) is 3.07. The summed E-state index contributed by atoms with van der Waals surface area (Å²) in [5, 5.41) is 18.8. The molecule has 0 aliphatic heterocycles. The van der Waals surface area contributed by atoms with Crippen LogP contribution in [0.1, 0.15) is 65.0 Å². The molecular weight excluding hydrogens is 420 g/mol. The van der Waals surface area contributed by atoms with Crippen molar-refractivity contribution >= 4 is 11.6 Å². The van der Waals surface area contributed by atoms with Gasteiger partial charge in [0.05, 0.1) is 14.2 Å². The molecule has 6 nitrogen and oxygen atoms in total. The molecule has 33 heavy (non-hydrogen) atoms. The molecule has 2 rings (SSSR count).